The number of anilines is 3. The first-order chi connectivity index (χ1) is 15.9. The van der Waals surface area contributed by atoms with Gasteiger partial charge in [-0.05, 0) is 80.1 Å². The Morgan fingerprint density at radius 2 is 1.50 bits per heavy atom. The van der Waals surface area contributed by atoms with Crippen molar-refractivity contribution in [3.63, 3.8) is 0 Å². The fraction of sp³-hybridized carbons (Fsp3) is 0.174. The van der Waals surface area contributed by atoms with E-state index in [0.717, 1.165) is 11.8 Å². The fourth-order valence-corrected chi connectivity index (χ4v) is 5.38. The van der Waals surface area contributed by atoms with E-state index in [2.05, 4.69) is 10.0 Å². The van der Waals surface area contributed by atoms with E-state index in [4.69, 9.17) is 11.6 Å². The third-order valence-electron chi connectivity index (χ3n) is 4.95. The smallest absolute Gasteiger partial charge is 0.261 e. The zero-order chi connectivity index (χ0) is 25.1. The molecule has 0 radical (unpaired) electrons. The molecule has 0 aliphatic carbocycles. The normalized spacial score (nSPS) is 11.6. The number of sulfonamides is 2. The topological polar surface area (TPSA) is 113 Å². The van der Waals surface area contributed by atoms with Crippen molar-refractivity contribution in [2.75, 3.05) is 27.1 Å². The number of carbonyl (C=O) groups is 1. The molecule has 0 fully saturated rings. The van der Waals surface area contributed by atoms with Crippen LogP contribution in [0.2, 0.25) is 5.02 Å². The van der Waals surface area contributed by atoms with E-state index in [1.807, 2.05) is 6.92 Å². The van der Waals surface area contributed by atoms with E-state index in [9.17, 15) is 21.6 Å². The van der Waals surface area contributed by atoms with Crippen molar-refractivity contribution in [1.82, 2.24) is 0 Å². The van der Waals surface area contributed by atoms with Gasteiger partial charge in [0.05, 0.1) is 22.5 Å². The fourth-order valence-electron chi connectivity index (χ4n) is 3.18. The maximum Gasteiger partial charge on any atom is 0.261 e. The van der Waals surface area contributed by atoms with Crippen molar-refractivity contribution < 1.29 is 21.6 Å². The highest BCUT2D eigenvalue weighted by atomic mass is 35.5. The molecule has 0 heterocycles. The van der Waals surface area contributed by atoms with Gasteiger partial charge in [0.1, 0.15) is 0 Å². The van der Waals surface area contributed by atoms with Gasteiger partial charge in [0.15, 0.2) is 0 Å². The highest BCUT2D eigenvalue weighted by Gasteiger charge is 2.17. The Morgan fingerprint density at radius 1 is 0.912 bits per heavy atom. The zero-order valence-corrected chi connectivity index (χ0v) is 21.1. The van der Waals surface area contributed by atoms with Gasteiger partial charge in [0.25, 0.3) is 15.9 Å². The number of rotatable bonds is 8. The number of carbonyl (C=O) groups excluding carboxylic acids is 1. The average Bonchev–Trinajstić information content (AvgIpc) is 2.76. The Hall–Kier alpha value is -3.08. The van der Waals surface area contributed by atoms with Crippen LogP contribution in [-0.4, -0.2) is 35.5 Å². The molecule has 0 unspecified atom stereocenters. The summed E-state index contributed by atoms with van der Waals surface area (Å²) >= 11 is 6.06. The molecular weight excluding hydrogens is 498 g/mol. The van der Waals surface area contributed by atoms with Crippen LogP contribution in [0.1, 0.15) is 22.8 Å². The van der Waals surface area contributed by atoms with Crippen LogP contribution in [0.15, 0.2) is 71.6 Å². The molecule has 0 aliphatic rings. The van der Waals surface area contributed by atoms with Gasteiger partial charge < -0.3 is 5.32 Å². The van der Waals surface area contributed by atoms with Crippen LogP contribution in [0.4, 0.5) is 17.1 Å². The summed E-state index contributed by atoms with van der Waals surface area (Å²) in [6, 6.07) is 16.7. The lowest BCUT2D eigenvalue weighted by Crippen LogP contribution is -2.29. The molecule has 180 valence electrons. The van der Waals surface area contributed by atoms with Gasteiger partial charge in [-0.1, -0.05) is 17.7 Å². The number of halogens is 1. The first-order valence-corrected chi connectivity index (χ1v) is 13.9. The maximum atomic E-state index is 12.6. The van der Waals surface area contributed by atoms with Crippen molar-refractivity contribution in [2.24, 2.45) is 0 Å². The van der Waals surface area contributed by atoms with Crippen molar-refractivity contribution in [1.29, 1.82) is 0 Å². The summed E-state index contributed by atoms with van der Waals surface area (Å²) in [5.41, 5.74) is 2.35. The number of hydrogen-bond donors (Lipinski definition) is 2. The zero-order valence-electron chi connectivity index (χ0n) is 18.7. The lowest BCUT2D eigenvalue weighted by molar-refractivity contribution is 0.102. The van der Waals surface area contributed by atoms with E-state index in [1.165, 1.54) is 46.8 Å². The molecule has 0 saturated heterocycles. The van der Waals surface area contributed by atoms with Crippen LogP contribution in [0.3, 0.4) is 0 Å². The Bertz CT molecular complexity index is 1410. The SMILES string of the molecule is CCN(c1ccc(C(=O)Nc2ccc(S(=O)(=O)Nc3ccc(C)c(Cl)c3)cc2)cc1)S(C)(=O)=O. The largest absolute Gasteiger partial charge is 0.322 e. The molecule has 3 rings (SSSR count). The lowest BCUT2D eigenvalue weighted by atomic mass is 10.2. The first-order valence-electron chi connectivity index (χ1n) is 10.2. The minimum absolute atomic E-state index is 0.0204. The number of nitrogens with one attached hydrogen (secondary N) is 2. The Balaban J connectivity index is 1.70. The highest BCUT2D eigenvalue weighted by molar-refractivity contribution is 7.92. The molecule has 0 atom stereocenters. The van der Waals surface area contributed by atoms with Gasteiger partial charge in [0.2, 0.25) is 10.0 Å². The summed E-state index contributed by atoms with van der Waals surface area (Å²) in [5.74, 6) is -0.419. The summed E-state index contributed by atoms with van der Waals surface area (Å²) in [6.45, 7) is 3.81. The van der Waals surface area contributed by atoms with Crippen LogP contribution in [0.5, 0.6) is 0 Å². The van der Waals surface area contributed by atoms with Gasteiger partial charge in [-0.2, -0.15) is 0 Å². The number of hydrogen-bond acceptors (Lipinski definition) is 5. The quantitative estimate of drug-likeness (QED) is 0.453. The molecule has 2 N–H and O–H groups in total. The van der Waals surface area contributed by atoms with Crippen LogP contribution in [0.25, 0.3) is 0 Å². The molecule has 0 bridgehead atoms. The minimum Gasteiger partial charge on any atom is -0.322 e. The second kappa shape index (κ2) is 10.0. The summed E-state index contributed by atoms with van der Waals surface area (Å²) in [6.07, 6.45) is 1.12. The minimum atomic E-state index is -3.84. The van der Waals surface area contributed by atoms with Crippen LogP contribution < -0.4 is 14.3 Å². The Morgan fingerprint density at radius 3 is 2.03 bits per heavy atom. The third kappa shape index (κ3) is 6.07. The Kier molecular flexibility index (Phi) is 7.54. The standard InChI is InChI=1S/C23H24ClN3O5S2/c1-4-27(33(3,29)30)20-11-6-17(7-12-20)23(28)25-18-9-13-21(14-10-18)34(31,32)26-19-8-5-16(2)22(24)15-19/h5-15,26H,4H2,1-3H3,(H,25,28). The van der Waals surface area contributed by atoms with Gasteiger partial charge in [0, 0.05) is 22.8 Å². The number of amides is 1. The van der Waals surface area contributed by atoms with E-state index < -0.39 is 26.0 Å². The van der Waals surface area contributed by atoms with E-state index in [0.29, 0.717) is 27.6 Å². The molecular formula is C23H24ClN3O5S2. The van der Waals surface area contributed by atoms with E-state index in [1.54, 1.807) is 31.2 Å². The molecule has 0 aromatic heterocycles. The molecule has 3 aromatic rings. The summed E-state index contributed by atoms with van der Waals surface area (Å²) < 4.78 is 52.7. The molecule has 0 spiro atoms. The predicted molar refractivity (Wildman–Crippen MR) is 136 cm³/mol. The molecule has 34 heavy (non-hydrogen) atoms. The predicted octanol–water partition coefficient (Wildman–Crippen LogP) is 4.49. The van der Waals surface area contributed by atoms with Crippen molar-refractivity contribution in [3.8, 4) is 0 Å². The van der Waals surface area contributed by atoms with E-state index >= 15 is 0 Å². The second-order valence-corrected chi connectivity index (χ2v) is 11.5. The van der Waals surface area contributed by atoms with Crippen LogP contribution in [-0.2, 0) is 20.0 Å². The van der Waals surface area contributed by atoms with Gasteiger partial charge >= 0.3 is 0 Å². The number of benzene rings is 3. The van der Waals surface area contributed by atoms with Crippen LogP contribution >= 0.6 is 11.6 Å². The molecule has 0 saturated carbocycles. The van der Waals surface area contributed by atoms with Crippen molar-refractivity contribution >= 4 is 54.6 Å². The highest BCUT2D eigenvalue weighted by Crippen LogP contribution is 2.24. The molecule has 11 heteroatoms. The molecule has 3 aromatic carbocycles. The second-order valence-electron chi connectivity index (χ2n) is 7.52. The first kappa shape index (κ1) is 25.5. The van der Waals surface area contributed by atoms with Gasteiger partial charge in [-0.25, -0.2) is 16.8 Å². The van der Waals surface area contributed by atoms with Gasteiger partial charge in [-0.3, -0.25) is 13.8 Å². The average molecular weight is 522 g/mol. The van der Waals surface area contributed by atoms with Gasteiger partial charge in [-0.15, -0.1) is 0 Å². The lowest BCUT2D eigenvalue weighted by Gasteiger charge is -2.20. The van der Waals surface area contributed by atoms with Crippen molar-refractivity contribution in [3.05, 3.63) is 82.9 Å². The third-order valence-corrected chi connectivity index (χ3v) is 8.03. The maximum absolute atomic E-state index is 12.6. The Labute approximate surface area is 204 Å². The number of aryl methyl sites for hydroxylation is 1. The summed E-state index contributed by atoms with van der Waals surface area (Å²) in [7, 11) is -7.26. The van der Waals surface area contributed by atoms with Crippen LogP contribution in [0, 0.1) is 6.92 Å². The number of nitrogens with zero attached hydrogens (tertiary/aromatic N) is 1. The summed E-state index contributed by atoms with van der Waals surface area (Å²) in [4.78, 5) is 12.6. The monoisotopic (exact) mass is 521 g/mol. The van der Waals surface area contributed by atoms with Crippen molar-refractivity contribution in [2.45, 2.75) is 18.7 Å². The molecule has 1 amide bonds. The summed E-state index contributed by atoms with van der Waals surface area (Å²) in [5, 5.41) is 3.14. The molecule has 0 aliphatic heterocycles. The molecule has 8 nitrogen and oxygen atoms in total. The van der Waals surface area contributed by atoms with E-state index in [-0.39, 0.29) is 11.4 Å².